The molecule has 6 heteroatoms. The number of hydrogen-bond donors (Lipinski definition) is 0. The lowest BCUT2D eigenvalue weighted by molar-refractivity contribution is 0.541. The molecule has 3 heterocycles. The third kappa shape index (κ3) is 2.85. The summed E-state index contributed by atoms with van der Waals surface area (Å²) in [5.41, 5.74) is 2.36. The number of halogens is 2. The Kier molecular flexibility index (Phi) is 4.40. The molecule has 0 spiro atoms. The van der Waals surface area contributed by atoms with Crippen LogP contribution in [0.3, 0.4) is 0 Å². The number of nitrogens with zero attached hydrogens (tertiary/aromatic N) is 4. The maximum absolute atomic E-state index is 14.7. The Bertz CT molecular complexity index is 1130. The predicted molar refractivity (Wildman–Crippen MR) is 114 cm³/mol. The Balaban J connectivity index is 1.72. The van der Waals surface area contributed by atoms with E-state index >= 15 is 0 Å². The highest BCUT2D eigenvalue weighted by molar-refractivity contribution is 6.31. The topological polar surface area (TPSA) is 40.9 Å². The number of aromatic nitrogens is 1. The fourth-order valence-electron chi connectivity index (χ4n) is 4.08. The van der Waals surface area contributed by atoms with E-state index in [2.05, 4.69) is 9.88 Å². The summed E-state index contributed by atoms with van der Waals surface area (Å²) in [5, 5.41) is 0.110. The number of hydrogen-bond acceptors (Lipinski definition) is 4. The minimum atomic E-state index is -0.769. The highest BCUT2D eigenvalue weighted by Crippen LogP contribution is 2.41. The molecule has 144 valence electrons. The van der Waals surface area contributed by atoms with E-state index in [1.54, 1.807) is 30.6 Å². The maximum atomic E-state index is 14.7. The molecule has 0 saturated heterocycles. The Morgan fingerprint density at radius 2 is 1.83 bits per heavy atom. The fraction of sp³-hybridized carbons (Fsp3) is 0.174. The van der Waals surface area contributed by atoms with Crippen molar-refractivity contribution in [1.82, 2.24) is 9.88 Å². The molecule has 3 aromatic rings. The van der Waals surface area contributed by atoms with E-state index in [0.29, 0.717) is 5.56 Å². The van der Waals surface area contributed by atoms with Gasteiger partial charge in [-0.1, -0.05) is 41.9 Å². The first-order valence-corrected chi connectivity index (χ1v) is 9.90. The Hall–Kier alpha value is -3.05. The van der Waals surface area contributed by atoms with Crippen LogP contribution in [0.15, 0.2) is 77.0 Å². The average Bonchev–Trinajstić information content (AvgIpc) is 3.17. The van der Waals surface area contributed by atoms with Gasteiger partial charge in [0, 0.05) is 31.0 Å². The van der Waals surface area contributed by atoms with Crippen LogP contribution in [0.5, 0.6) is 0 Å². The van der Waals surface area contributed by atoms with Crippen molar-refractivity contribution in [1.29, 1.82) is 0 Å². The van der Waals surface area contributed by atoms with Crippen LogP contribution in [0.2, 0.25) is 5.02 Å². The summed E-state index contributed by atoms with van der Waals surface area (Å²) in [6.07, 6.45) is 6.39. The minimum Gasteiger partial charge on any atom is -0.319 e. The highest BCUT2D eigenvalue weighted by atomic mass is 35.5. The molecule has 0 N–H and O–H groups in total. The first-order valence-electron chi connectivity index (χ1n) is 9.52. The summed E-state index contributed by atoms with van der Waals surface area (Å²) < 4.78 is 14.7. The van der Waals surface area contributed by atoms with Gasteiger partial charge in [0.15, 0.2) is 5.54 Å². The maximum Gasteiger partial charge on any atom is 0.170 e. The van der Waals surface area contributed by atoms with Gasteiger partial charge in [-0.05, 0) is 47.4 Å². The van der Waals surface area contributed by atoms with Crippen molar-refractivity contribution in [3.8, 4) is 11.1 Å². The summed E-state index contributed by atoms with van der Waals surface area (Å²) >= 11 is 6.01. The largest absolute Gasteiger partial charge is 0.319 e. The molecule has 29 heavy (non-hydrogen) atoms. The third-order valence-electron chi connectivity index (χ3n) is 5.45. The average molecular weight is 405 g/mol. The van der Waals surface area contributed by atoms with Crippen LogP contribution >= 0.6 is 11.6 Å². The second-order valence-corrected chi connectivity index (χ2v) is 7.53. The van der Waals surface area contributed by atoms with Crippen LogP contribution in [0.25, 0.3) is 11.1 Å². The molecular formula is C23H18ClFN4. The number of fused-ring (bicyclic) bond motifs is 1. The number of rotatable bonds is 3. The number of benzene rings is 2. The van der Waals surface area contributed by atoms with Gasteiger partial charge in [-0.25, -0.2) is 4.39 Å². The van der Waals surface area contributed by atoms with Crippen molar-refractivity contribution in [2.75, 3.05) is 13.1 Å². The summed E-state index contributed by atoms with van der Waals surface area (Å²) in [6.45, 7) is 1.66. The normalized spacial score (nSPS) is 20.5. The van der Waals surface area contributed by atoms with Gasteiger partial charge >= 0.3 is 0 Å². The van der Waals surface area contributed by atoms with Gasteiger partial charge in [-0.2, -0.15) is 0 Å². The third-order valence-corrected chi connectivity index (χ3v) is 5.74. The van der Waals surface area contributed by atoms with Gasteiger partial charge < -0.3 is 4.90 Å². The molecule has 4 nitrogen and oxygen atoms in total. The summed E-state index contributed by atoms with van der Waals surface area (Å²) in [6, 6.07) is 16.8. The molecule has 1 unspecified atom stereocenters. The van der Waals surface area contributed by atoms with Crippen LogP contribution in [-0.4, -0.2) is 35.1 Å². The van der Waals surface area contributed by atoms with Crippen molar-refractivity contribution in [3.05, 3.63) is 89.0 Å². The van der Waals surface area contributed by atoms with Crippen LogP contribution in [0.4, 0.5) is 4.39 Å². The zero-order valence-electron chi connectivity index (χ0n) is 15.6. The Morgan fingerprint density at radius 3 is 2.69 bits per heavy atom. The molecule has 0 amide bonds. The molecule has 0 bridgehead atoms. The van der Waals surface area contributed by atoms with Crippen LogP contribution in [-0.2, 0) is 5.54 Å². The molecule has 0 saturated carbocycles. The quantitative estimate of drug-likeness (QED) is 0.621. The van der Waals surface area contributed by atoms with E-state index in [-0.39, 0.29) is 5.02 Å². The van der Waals surface area contributed by atoms with Crippen molar-refractivity contribution < 1.29 is 4.39 Å². The summed E-state index contributed by atoms with van der Waals surface area (Å²) in [4.78, 5) is 16.1. The molecular weight excluding hydrogens is 387 g/mol. The van der Waals surface area contributed by atoms with Gasteiger partial charge in [0.1, 0.15) is 11.7 Å². The summed E-state index contributed by atoms with van der Waals surface area (Å²) in [5.74, 6) is 0.481. The van der Waals surface area contributed by atoms with Gasteiger partial charge in [0.05, 0.1) is 11.4 Å². The monoisotopic (exact) mass is 404 g/mol. The molecule has 1 atom stereocenters. The second-order valence-electron chi connectivity index (χ2n) is 7.13. The summed E-state index contributed by atoms with van der Waals surface area (Å²) in [7, 11) is 0. The molecule has 2 aliphatic heterocycles. The first-order chi connectivity index (χ1) is 14.2. The fourth-order valence-corrected chi connectivity index (χ4v) is 4.25. The molecule has 0 aliphatic carbocycles. The van der Waals surface area contributed by atoms with E-state index in [0.717, 1.165) is 42.0 Å². The lowest BCUT2D eigenvalue weighted by atomic mass is 9.81. The molecule has 2 aliphatic rings. The Labute approximate surface area is 173 Å². The molecule has 0 fully saturated rings. The van der Waals surface area contributed by atoms with Crippen molar-refractivity contribution >= 4 is 23.8 Å². The van der Waals surface area contributed by atoms with Crippen molar-refractivity contribution in [2.24, 2.45) is 9.98 Å². The lowest BCUT2D eigenvalue weighted by Crippen LogP contribution is -2.43. The van der Waals surface area contributed by atoms with Crippen LogP contribution < -0.4 is 0 Å². The molecule has 5 rings (SSSR count). The lowest BCUT2D eigenvalue weighted by Gasteiger charge is -2.33. The zero-order chi connectivity index (χ0) is 19.8. The minimum absolute atomic E-state index is 0.110. The molecule has 1 aromatic heterocycles. The van der Waals surface area contributed by atoms with E-state index in [1.807, 2.05) is 42.7 Å². The number of pyridine rings is 1. The zero-order valence-corrected chi connectivity index (χ0v) is 16.4. The van der Waals surface area contributed by atoms with Gasteiger partial charge in [-0.15, -0.1) is 0 Å². The first kappa shape index (κ1) is 18.0. The standard InChI is InChI=1S/C23H18ClFN4/c24-20-7-2-6-19(21(20)25)16-4-1-5-18(14-16)23(17-8-11-26-12-9-17)22-27-10-3-13-29(22)15-28-23/h1-2,4-9,11-12,14-15H,3,10,13H2. The van der Waals surface area contributed by atoms with Gasteiger partial charge in [0.2, 0.25) is 0 Å². The van der Waals surface area contributed by atoms with Crippen molar-refractivity contribution in [3.63, 3.8) is 0 Å². The van der Waals surface area contributed by atoms with E-state index in [1.165, 1.54) is 0 Å². The Morgan fingerprint density at radius 1 is 1.00 bits per heavy atom. The number of aliphatic imine (C=N–C) groups is 2. The van der Waals surface area contributed by atoms with Crippen molar-refractivity contribution in [2.45, 2.75) is 12.0 Å². The highest BCUT2D eigenvalue weighted by Gasteiger charge is 2.46. The SMILES string of the molecule is Fc1c(Cl)cccc1-c1cccc(C2(c3ccncc3)N=CN3CCCN=C32)c1. The van der Waals surface area contributed by atoms with E-state index in [4.69, 9.17) is 21.6 Å². The van der Waals surface area contributed by atoms with Crippen LogP contribution in [0.1, 0.15) is 17.5 Å². The molecule has 0 radical (unpaired) electrons. The van der Waals surface area contributed by atoms with Crippen LogP contribution in [0, 0.1) is 5.82 Å². The van der Waals surface area contributed by atoms with E-state index < -0.39 is 11.4 Å². The second kappa shape index (κ2) is 7.08. The van der Waals surface area contributed by atoms with Gasteiger partial charge in [0.25, 0.3) is 0 Å². The molecule has 2 aromatic carbocycles. The smallest absolute Gasteiger partial charge is 0.170 e. The van der Waals surface area contributed by atoms with E-state index in [9.17, 15) is 4.39 Å². The van der Waals surface area contributed by atoms with Gasteiger partial charge in [-0.3, -0.25) is 15.0 Å². The predicted octanol–water partition coefficient (Wildman–Crippen LogP) is 4.93. The number of amidine groups is 1.